The second kappa shape index (κ2) is 21.9. The van der Waals surface area contributed by atoms with E-state index < -0.39 is 95.9 Å². The summed E-state index contributed by atoms with van der Waals surface area (Å²) in [5.74, 6) is -5.48. The number of nitrogens with two attached hydrogens (primary N) is 2. The van der Waals surface area contributed by atoms with Crippen LogP contribution < -0.4 is 32.7 Å². The maximum atomic E-state index is 14.1. The van der Waals surface area contributed by atoms with Gasteiger partial charge in [-0.2, -0.15) is 0 Å². The first-order valence-corrected chi connectivity index (χ1v) is 19.2. The van der Waals surface area contributed by atoms with Gasteiger partial charge in [0.15, 0.2) is 0 Å². The molecule has 18 nitrogen and oxygen atoms in total. The quantitative estimate of drug-likeness (QED) is 0.0591. The number of hydrogen-bond donors (Lipinski definition) is 9. The monoisotopic (exact) mass is 768 g/mol. The van der Waals surface area contributed by atoms with Crippen molar-refractivity contribution in [1.82, 2.24) is 31.1 Å². The Morgan fingerprint density at radius 1 is 0.667 bits per heavy atom. The highest BCUT2D eigenvalue weighted by atomic mass is 16.4. The predicted molar refractivity (Wildman–Crippen MR) is 198 cm³/mol. The zero-order chi connectivity index (χ0) is 40.9. The van der Waals surface area contributed by atoms with Crippen LogP contribution >= 0.6 is 0 Å². The maximum absolute atomic E-state index is 14.1. The van der Waals surface area contributed by atoms with Crippen molar-refractivity contribution in [1.29, 1.82) is 0 Å². The Hall–Kier alpha value is -3.87. The molecule has 6 amide bonds. The molecule has 0 aliphatic carbocycles. The summed E-state index contributed by atoms with van der Waals surface area (Å²) in [5.41, 5.74) is 11.5. The number of carbonyl (C=O) groups is 7. The van der Waals surface area contributed by atoms with Crippen LogP contribution in [0.5, 0.6) is 0 Å². The molecule has 11 N–H and O–H groups in total. The average Bonchev–Trinajstić information content (AvgIpc) is 3.78. The molecular weight excluding hydrogens is 704 g/mol. The summed E-state index contributed by atoms with van der Waals surface area (Å²) >= 11 is 0. The fourth-order valence-electron chi connectivity index (χ4n) is 6.84. The molecule has 308 valence electrons. The number of carbonyl (C=O) groups excluding carboxylic acids is 6. The summed E-state index contributed by atoms with van der Waals surface area (Å²) in [7, 11) is 0. The lowest BCUT2D eigenvalue weighted by Gasteiger charge is -2.33. The Morgan fingerprint density at radius 2 is 1.19 bits per heavy atom. The number of likely N-dealkylation sites (tertiary alicyclic amines) is 2. The highest BCUT2D eigenvalue weighted by Gasteiger charge is 2.43. The van der Waals surface area contributed by atoms with Gasteiger partial charge in [-0.15, -0.1) is 0 Å². The van der Waals surface area contributed by atoms with Gasteiger partial charge in [0.05, 0.1) is 18.2 Å². The van der Waals surface area contributed by atoms with Gasteiger partial charge in [0.1, 0.15) is 36.3 Å². The Bertz CT molecular complexity index is 1310. The zero-order valence-electron chi connectivity index (χ0n) is 32.6. The molecule has 0 aromatic rings. The van der Waals surface area contributed by atoms with Crippen LogP contribution in [0, 0.1) is 11.8 Å². The van der Waals surface area contributed by atoms with E-state index in [9.17, 15) is 48.9 Å². The summed E-state index contributed by atoms with van der Waals surface area (Å²) < 4.78 is 0. The van der Waals surface area contributed by atoms with Crippen molar-refractivity contribution < 1.29 is 48.9 Å². The summed E-state index contributed by atoms with van der Waals surface area (Å²) in [6.45, 7) is 10.8. The van der Waals surface area contributed by atoms with Crippen LogP contribution in [0.1, 0.15) is 99.3 Å². The fourth-order valence-corrected chi connectivity index (χ4v) is 6.84. The second-order valence-electron chi connectivity index (χ2n) is 15.4. The molecule has 54 heavy (non-hydrogen) atoms. The average molecular weight is 769 g/mol. The summed E-state index contributed by atoms with van der Waals surface area (Å²) in [6, 6.07) is -8.17. The van der Waals surface area contributed by atoms with Crippen LogP contribution in [0.25, 0.3) is 0 Å². The number of unbranched alkanes of at least 4 members (excludes halogenated alkanes) is 1. The number of aliphatic hydroxyl groups excluding tert-OH is 2. The first kappa shape index (κ1) is 46.3. The minimum absolute atomic E-state index is 0.0870. The molecular formula is C36H64N8O10. The van der Waals surface area contributed by atoms with E-state index in [0.29, 0.717) is 38.6 Å². The number of carboxylic acid groups (broad SMARTS) is 1. The summed E-state index contributed by atoms with van der Waals surface area (Å²) in [4.78, 5) is 95.2. The van der Waals surface area contributed by atoms with Gasteiger partial charge in [-0.1, -0.05) is 34.1 Å². The number of carboxylic acids is 1. The molecule has 2 aliphatic rings. The van der Waals surface area contributed by atoms with Gasteiger partial charge in [0.2, 0.25) is 35.4 Å². The van der Waals surface area contributed by atoms with Gasteiger partial charge in [0, 0.05) is 13.1 Å². The molecule has 0 radical (unpaired) electrons. The molecule has 2 heterocycles. The van der Waals surface area contributed by atoms with Crippen LogP contribution in [0.3, 0.4) is 0 Å². The van der Waals surface area contributed by atoms with E-state index in [1.54, 1.807) is 0 Å². The molecule has 9 atom stereocenters. The molecule has 0 aromatic heterocycles. The normalized spacial score (nSPS) is 21.1. The van der Waals surface area contributed by atoms with Crippen LogP contribution in [0.4, 0.5) is 0 Å². The third-order valence-electron chi connectivity index (χ3n) is 9.74. The zero-order valence-corrected chi connectivity index (χ0v) is 32.6. The molecule has 0 unspecified atom stereocenters. The van der Waals surface area contributed by atoms with Gasteiger partial charge in [-0.3, -0.25) is 28.8 Å². The number of hydrogen-bond acceptors (Lipinski definition) is 11. The molecule has 2 rings (SSSR count). The van der Waals surface area contributed by atoms with Crippen molar-refractivity contribution in [3.63, 3.8) is 0 Å². The number of amides is 6. The van der Waals surface area contributed by atoms with Crippen molar-refractivity contribution in [3.8, 4) is 0 Å². The lowest BCUT2D eigenvalue weighted by atomic mass is 9.99. The summed E-state index contributed by atoms with van der Waals surface area (Å²) in [6.07, 6.45) is 0.642. The first-order valence-electron chi connectivity index (χ1n) is 19.2. The van der Waals surface area contributed by atoms with Crippen LogP contribution in [0.2, 0.25) is 0 Å². The highest BCUT2D eigenvalue weighted by Crippen LogP contribution is 2.23. The first-order chi connectivity index (χ1) is 25.3. The van der Waals surface area contributed by atoms with E-state index in [-0.39, 0.29) is 50.6 Å². The van der Waals surface area contributed by atoms with E-state index in [1.165, 1.54) is 18.7 Å². The van der Waals surface area contributed by atoms with Crippen molar-refractivity contribution in [2.24, 2.45) is 23.3 Å². The molecule has 0 spiro atoms. The number of nitrogens with zero attached hydrogens (tertiary/aromatic N) is 2. The largest absolute Gasteiger partial charge is 0.480 e. The van der Waals surface area contributed by atoms with Gasteiger partial charge in [0.25, 0.3) is 0 Å². The minimum Gasteiger partial charge on any atom is -0.480 e. The molecule has 2 saturated heterocycles. The van der Waals surface area contributed by atoms with Gasteiger partial charge in [-0.25, -0.2) is 4.79 Å². The van der Waals surface area contributed by atoms with E-state index >= 15 is 0 Å². The molecule has 0 bridgehead atoms. The Morgan fingerprint density at radius 3 is 1.70 bits per heavy atom. The minimum atomic E-state index is -1.44. The van der Waals surface area contributed by atoms with Crippen LogP contribution in [-0.2, 0) is 33.6 Å². The SMILES string of the molecule is CC(C)C[C@H](NC(=O)[C@@H](NC(=O)[C@@H](N)CCCCN)[C@@H](C)O)C(=O)N[C@@H](CC(C)C)C(=O)N1CCC[C@H]1C(=O)N[C@H](C(=O)N1CCC[C@H]1C(=O)O)[C@@H](C)O. The van der Waals surface area contributed by atoms with E-state index in [2.05, 4.69) is 21.3 Å². The number of nitrogens with one attached hydrogen (secondary N) is 4. The van der Waals surface area contributed by atoms with Crippen molar-refractivity contribution in [2.75, 3.05) is 19.6 Å². The predicted octanol–water partition coefficient (Wildman–Crippen LogP) is -1.70. The Labute approximate surface area is 317 Å². The molecule has 2 fully saturated rings. The van der Waals surface area contributed by atoms with Crippen LogP contribution in [-0.4, -0.2) is 141 Å². The molecule has 0 saturated carbocycles. The molecule has 2 aliphatic heterocycles. The third-order valence-corrected chi connectivity index (χ3v) is 9.74. The Kier molecular flexibility index (Phi) is 18.7. The smallest absolute Gasteiger partial charge is 0.326 e. The molecule has 18 heteroatoms. The van der Waals surface area contributed by atoms with E-state index in [4.69, 9.17) is 11.5 Å². The number of aliphatic hydroxyl groups is 2. The Balaban J connectivity index is 2.24. The summed E-state index contributed by atoms with van der Waals surface area (Å²) in [5, 5.41) is 40.8. The lowest BCUT2D eigenvalue weighted by Crippen LogP contribution is -2.61. The standard InChI is InChI=1S/C36H64N8O10/c1-19(2)17-24(39-33(50)28(21(5)45)41-30(47)23(38)11-7-8-14-37)31(48)40-25(18-20(3)4)34(51)43-15-9-12-26(43)32(49)42-29(22(6)46)35(52)44-16-10-13-27(44)36(53)54/h19-29,45-46H,7-18,37-38H2,1-6H3,(H,39,50)(H,40,48)(H,41,47)(H,42,49)(H,53,54)/t21-,22-,23+,24+,25+,26+,27+,28+,29+/m1/s1. The van der Waals surface area contributed by atoms with Crippen molar-refractivity contribution in [2.45, 2.75) is 154 Å². The second-order valence-corrected chi connectivity index (χ2v) is 15.4. The van der Waals surface area contributed by atoms with E-state index in [1.807, 2.05) is 27.7 Å². The van der Waals surface area contributed by atoms with Crippen LogP contribution in [0.15, 0.2) is 0 Å². The topological polar surface area (TPSA) is 287 Å². The maximum Gasteiger partial charge on any atom is 0.326 e. The number of rotatable bonds is 21. The number of aliphatic carboxylic acids is 1. The van der Waals surface area contributed by atoms with Gasteiger partial charge >= 0.3 is 5.97 Å². The van der Waals surface area contributed by atoms with Gasteiger partial charge < -0.3 is 57.9 Å². The molecule has 0 aromatic carbocycles. The van der Waals surface area contributed by atoms with E-state index in [0.717, 1.165) is 4.90 Å². The van der Waals surface area contributed by atoms with Crippen molar-refractivity contribution in [3.05, 3.63) is 0 Å². The lowest BCUT2D eigenvalue weighted by molar-refractivity contribution is -0.151. The highest BCUT2D eigenvalue weighted by molar-refractivity contribution is 5.97. The third kappa shape index (κ3) is 13.5. The van der Waals surface area contributed by atoms with Gasteiger partial charge in [-0.05, 0) is 83.6 Å². The van der Waals surface area contributed by atoms with Crippen molar-refractivity contribution >= 4 is 41.4 Å². The fraction of sp³-hybridized carbons (Fsp3) is 0.806.